The van der Waals surface area contributed by atoms with E-state index in [1.807, 2.05) is 6.92 Å². The van der Waals surface area contributed by atoms with Crippen molar-refractivity contribution in [3.8, 4) is 0 Å². The summed E-state index contributed by atoms with van der Waals surface area (Å²) < 4.78 is 36.6. The Morgan fingerprint density at radius 1 is 1.27 bits per heavy atom. The average molecular weight is 437 g/mol. The Kier molecular flexibility index (Phi) is 5.07. The number of nitrogen functional groups attached to an aromatic ring is 1. The molecule has 0 spiro atoms. The molecule has 0 bridgehead atoms. The van der Waals surface area contributed by atoms with Gasteiger partial charge in [-0.2, -0.15) is 13.4 Å². The normalized spacial score (nSPS) is 24.5. The van der Waals surface area contributed by atoms with Gasteiger partial charge in [0.2, 0.25) is 5.95 Å². The van der Waals surface area contributed by atoms with Gasteiger partial charge in [-0.3, -0.25) is 18.5 Å². The van der Waals surface area contributed by atoms with E-state index in [0.717, 1.165) is 5.56 Å². The van der Waals surface area contributed by atoms with Crippen LogP contribution in [0.1, 0.15) is 11.8 Å². The van der Waals surface area contributed by atoms with Crippen LogP contribution < -0.4 is 11.3 Å². The number of aromatic amines is 1. The molecule has 1 saturated heterocycles. The summed E-state index contributed by atoms with van der Waals surface area (Å²) in [5.41, 5.74) is 5.87. The molecule has 1 aromatic carbocycles. The zero-order valence-corrected chi connectivity index (χ0v) is 16.5. The molecule has 0 saturated carbocycles. The van der Waals surface area contributed by atoms with Crippen molar-refractivity contribution in [3.05, 3.63) is 46.5 Å². The van der Waals surface area contributed by atoms with Gasteiger partial charge >= 0.3 is 0 Å². The van der Waals surface area contributed by atoms with Crippen LogP contribution in [-0.2, 0) is 19.0 Å². The Labute approximate surface area is 170 Å². The number of H-pyrrole nitrogens is 1. The monoisotopic (exact) mass is 437 g/mol. The van der Waals surface area contributed by atoms with Gasteiger partial charge in [-0.15, -0.1) is 0 Å². The number of imidazole rings is 1. The van der Waals surface area contributed by atoms with Gasteiger partial charge in [0.05, 0.1) is 17.8 Å². The summed E-state index contributed by atoms with van der Waals surface area (Å²) in [5, 5.41) is 20.7. The van der Waals surface area contributed by atoms with Crippen molar-refractivity contribution in [2.24, 2.45) is 0 Å². The highest BCUT2D eigenvalue weighted by atomic mass is 32.2. The summed E-state index contributed by atoms with van der Waals surface area (Å²) in [4.78, 5) is 22.1. The lowest BCUT2D eigenvalue weighted by molar-refractivity contribution is -0.0467. The first kappa shape index (κ1) is 20.4. The van der Waals surface area contributed by atoms with Crippen LogP contribution in [-0.4, -0.2) is 63.1 Å². The van der Waals surface area contributed by atoms with Crippen molar-refractivity contribution in [1.82, 2.24) is 19.5 Å². The third-order valence-corrected chi connectivity index (χ3v) is 6.06. The third kappa shape index (κ3) is 3.57. The lowest BCUT2D eigenvalue weighted by Gasteiger charge is -2.16. The molecule has 1 aliphatic heterocycles. The van der Waals surface area contributed by atoms with Crippen molar-refractivity contribution in [2.75, 3.05) is 12.3 Å². The van der Waals surface area contributed by atoms with E-state index in [2.05, 4.69) is 15.0 Å². The fourth-order valence-electron chi connectivity index (χ4n) is 3.16. The molecule has 3 aromatic rings. The van der Waals surface area contributed by atoms with E-state index in [1.165, 1.54) is 23.0 Å². The number of benzene rings is 1. The molecule has 5 N–H and O–H groups in total. The fraction of sp³-hybridized carbons (Fsp3) is 0.353. The van der Waals surface area contributed by atoms with Crippen LogP contribution >= 0.6 is 0 Å². The number of aliphatic hydroxyl groups excluding tert-OH is 2. The number of nitrogens with two attached hydrogens (primary N) is 1. The number of nitrogens with zero attached hydrogens (tertiary/aromatic N) is 3. The summed E-state index contributed by atoms with van der Waals surface area (Å²) in [6.07, 6.45) is -4.06. The number of rotatable bonds is 5. The molecular formula is C17H19N5O7S. The standard InChI is InChI=1S/C17H19N5O7S/c1-8-2-4-9(5-3-8)30(26,27)28-6-10-12(23)13(24)16(29-10)22-7-19-11-14(22)20-17(18)21-15(11)25/h2-5,7,10,12-13,16,23-24H,6H2,1H3,(H3,18,20,21,25)/t10-,12-,13-,16-/m1/s1. The molecule has 0 aliphatic carbocycles. The van der Waals surface area contributed by atoms with Crippen molar-refractivity contribution in [2.45, 2.75) is 36.4 Å². The number of hydrogen-bond donors (Lipinski definition) is 4. The minimum absolute atomic E-state index is 0.0314. The van der Waals surface area contributed by atoms with E-state index in [1.54, 1.807) is 12.1 Å². The van der Waals surface area contributed by atoms with Crippen LogP contribution in [0.15, 0.2) is 40.3 Å². The Hall–Kier alpha value is -2.84. The first-order chi connectivity index (χ1) is 14.2. The third-order valence-electron chi connectivity index (χ3n) is 4.76. The van der Waals surface area contributed by atoms with E-state index in [0.29, 0.717) is 0 Å². The lowest BCUT2D eigenvalue weighted by Crippen LogP contribution is -2.34. The van der Waals surface area contributed by atoms with Crippen molar-refractivity contribution >= 4 is 27.2 Å². The van der Waals surface area contributed by atoms with E-state index < -0.39 is 46.8 Å². The molecule has 1 fully saturated rings. The second-order valence-electron chi connectivity index (χ2n) is 6.87. The molecule has 4 rings (SSSR count). The Morgan fingerprint density at radius 3 is 2.67 bits per heavy atom. The summed E-state index contributed by atoms with van der Waals surface area (Å²) in [7, 11) is -4.09. The van der Waals surface area contributed by atoms with Gasteiger partial charge in [0.15, 0.2) is 17.4 Å². The number of nitrogens with one attached hydrogen (secondary N) is 1. The maximum Gasteiger partial charge on any atom is 0.297 e. The molecule has 30 heavy (non-hydrogen) atoms. The van der Waals surface area contributed by atoms with Crippen LogP contribution in [0.25, 0.3) is 11.2 Å². The Bertz CT molecular complexity index is 1240. The van der Waals surface area contributed by atoms with E-state index in [9.17, 15) is 23.4 Å². The molecule has 160 valence electrons. The summed E-state index contributed by atoms with van der Waals surface area (Å²) in [5.74, 6) is -0.161. The zero-order chi connectivity index (χ0) is 21.6. The number of aryl methyl sites for hydroxylation is 1. The van der Waals surface area contributed by atoms with Gasteiger partial charge in [0.25, 0.3) is 15.7 Å². The van der Waals surface area contributed by atoms with Gasteiger partial charge < -0.3 is 20.7 Å². The molecule has 0 radical (unpaired) electrons. The molecule has 3 heterocycles. The molecule has 4 atom stereocenters. The predicted octanol–water partition coefficient (Wildman–Crippen LogP) is -0.965. The highest BCUT2D eigenvalue weighted by molar-refractivity contribution is 7.86. The first-order valence-electron chi connectivity index (χ1n) is 8.87. The molecule has 13 heteroatoms. The second kappa shape index (κ2) is 7.45. The van der Waals surface area contributed by atoms with Crippen molar-refractivity contribution in [1.29, 1.82) is 0 Å². The topological polar surface area (TPSA) is 183 Å². The number of fused-ring (bicyclic) bond motifs is 1. The number of aliphatic hydroxyl groups is 2. The number of hydrogen-bond acceptors (Lipinski definition) is 10. The molecule has 12 nitrogen and oxygen atoms in total. The van der Waals surface area contributed by atoms with Gasteiger partial charge in [0, 0.05) is 0 Å². The average Bonchev–Trinajstić information content (AvgIpc) is 3.22. The number of aromatic nitrogens is 4. The number of ether oxygens (including phenoxy) is 1. The second-order valence-corrected chi connectivity index (χ2v) is 8.49. The zero-order valence-electron chi connectivity index (χ0n) is 15.7. The van der Waals surface area contributed by atoms with Gasteiger partial charge in [-0.1, -0.05) is 17.7 Å². The highest BCUT2D eigenvalue weighted by Gasteiger charge is 2.45. The molecule has 1 aliphatic rings. The van der Waals surface area contributed by atoms with E-state index in [-0.39, 0.29) is 22.0 Å². The largest absolute Gasteiger partial charge is 0.387 e. The van der Waals surface area contributed by atoms with Crippen LogP contribution in [0.4, 0.5) is 5.95 Å². The lowest BCUT2D eigenvalue weighted by atomic mass is 10.1. The van der Waals surface area contributed by atoms with Crippen LogP contribution in [0, 0.1) is 6.92 Å². The molecule has 0 amide bonds. The Morgan fingerprint density at radius 2 is 1.97 bits per heavy atom. The Balaban J connectivity index is 1.54. The minimum Gasteiger partial charge on any atom is -0.387 e. The van der Waals surface area contributed by atoms with E-state index >= 15 is 0 Å². The van der Waals surface area contributed by atoms with Crippen molar-refractivity contribution < 1.29 is 27.6 Å². The highest BCUT2D eigenvalue weighted by Crippen LogP contribution is 2.31. The van der Waals surface area contributed by atoms with Crippen LogP contribution in [0.3, 0.4) is 0 Å². The fourth-order valence-corrected chi connectivity index (χ4v) is 4.07. The summed E-state index contributed by atoms with van der Waals surface area (Å²) in [6, 6.07) is 6.06. The maximum absolute atomic E-state index is 12.3. The van der Waals surface area contributed by atoms with Gasteiger partial charge in [-0.25, -0.2) is 4.98 Å². The van der Waals surface area contributed by atoms with Crippen LogP contribution in [0.2, 0.25) is 0 Å². The van der Waals surface area contributed by atoms with Gasteiger partial charge in [-0.05, 0) is 19.1 Å². The number of anilines is 1. The quantitative estimate of drug-likeness (QED) is 0.362. The summed E-state index contributed by atoms with van der Waals surface area (Å²) in [6.45, 7) is 1.28. The molecular weight excluding hydrogens is 418 g/mol. The smallest absolute Gasteiger partial charge is 0.297 e. The molecule has 2 aromatic heterocycles. The molecule has 0 unspecified atom stereocenters. The maximum atomic E-state index is 12.3. The summed E-state index contributed by atoms with van der Waals surface area (Å²) >= 11 is 0. The SMILES string of the molecule is Cc1ccc(S(=O)(=O)OC[C@H]2O[C@@H](n3cnc4c(=O)[nH]c(N)nc43)[C@H](O)[C@@H]2O)cc1. The van der Waals surface area contributed by atoms with Crippen LogP contribution in [0.5, 0.6) is 0 Å². The van der Waals surface area contributed by atoms with E-state index in [4.69, 9.17) is 14.7 Å². The van der Waals surface area contributed by atoms with Gasteiger partial charge in [0.1, 0.15) is 18.3 Å². The minimum atomic E-state index is -4.09. The predicted molar refractivity (Wildman–Crippen MR) is 103 cm³/mol. The first-order valence-corrected chi connectivity index (χ1v) is 10.3. The van der Waals surface area contributed by atoms with Crippen molar-refractivity contribution in [3.63, 3.8) is 0 Å².